The van der Waals surface area contributed by atoms with Gasteiger partial charge >= 0.3 is 0 Å². The summed E-state index contributed by atoms with van der Waals surface area (Å²) >= 11 is 0. The Labute approximate surface area is 79.0 Å². The quantitative estimate of drug-likeness (QED) is 0.761. The maximum Gasteiger partial charge on any atom is 0.0713 e. The number of hydrogen-bond donors (Lipinski definition) is 1. The summed E-state index contributed by atoms with van der Waals surface area (Å²) in [6.45, 7) is 1.25. The van der Waals surface area contributed by atoms with Crippen LogP contribution in [-0.4, -0.2) is 13.7 Å². The van der Waals surface area contributed by atoms with Gasteiger partial charge in [0.25, 0.3) is 0 Å². The van der Waals surface area contributed by atoms with Gasteiger partial charge in [0.15, 0.2) is 0 Å². The largest absolute Gasteiger partial charge is 0.380 e. The van der Waals surface area contributed by atoms with Gasteiger partial charge in [-0.25, -0.2) is 0 Å². The standard InChI is InChI=1S/C11H15NO/c1-13-9-11-6-4-10(5-7-11)3-2-8-12/h2-7H,8-9,12H2,1H3/b3-2+. The zero-order chi connectivity index (χ0) is 9.52. The van der Waals surface area contributed by atoms with Crippen LogP contribution in [-0.2, 0) is 11.3 Å². The van der Waals surface area contributed by atoms with Gasteiger partial charge in [0.1, 0.15) is 0 Å². The van der Waals surface area contributed by atoms with E-state index in [-0.39, 0.29) is 0 Å². The van der Waals surface area contributed by atoms with Gasteiger partial charge in [-0.15, -0.1) is 0 Å². The molecule has 2 nitrogen and oxygen atoms in total. The molecule has 0 aliphatic carbocycles. The number of rotatable bonds is 4. The van der Waals surface area contributed by atoms with E-state index in [1.165, 1.54) is 11.1 Å². The van der Waals surface area contributed by atoms with Crippen molar-refractivity contribution in [3.05, 3.63) is 41.5 Å². The lowest BCUT2D eigenvalue weighted by molar-refractivity contribution is 0.185. The molecule has 0 atom stereocenters. The Kier molecular flexibility index (Phi) is 4.23. The van der Waals surface area contributed by atoms with E-state index >= 15 is 0 Å². The van der Waals surface area contributed by atoms with E-state index in [9.17, 15) is 0 Å². The van der Waals surface area contributed by atoms with Crippen molar-refractivity contribution < 1.29 is 4.74 Å². The first-order valence-corrected chi connectivity index (χ1v) is 4.31. The van der Waals surface area contributed by atoms with Crippen molar-refractivity contribution in [2.45, 2.75) is 6.61 Å². The lowest BCUT2D eigenvalue weighted by Gasteiger charge is -1.99. The van der Waals surface area contributed by atoms with Crippen LogP contribution in [0, 0.1) is 0 Å². The fourth-order valence-electron chi connectivity index (χ4n) is 1.10. The zero-order valence-electron chi connectivity index (χ0n) is 7.86. The Morgan fingerprint density at radius 1 is 1.31 bits per heavy atom. The Morgan fingerprint density at radius 3 is 2.54 bits per heavy atom. The molecule has 1 aromatic rings. The molecule has 0 saturated carbocycles. The van der Waals surface area contributed by atoms with Gasteiger partial charge in [-0.2, -0.15) is 0 Å². The van der Waals surface area contributed by atoms with Crippen molar-refractivity contribution in [1.29, 1.82) is 0 Å². The lowest BCUT2D eigenvalue weighted by Crippen LogP contribution is -1.92. The number of ether oxygens (including phenoxy) is 1. The van der Waals surface area contributed by atoms with Crippen molar-refractivity contribution in [2.24, 2.45) is 5.73 Å². The van der Waals surface area contributed by atoms with Crippen LogP contribution in [0.2, 0.25) is 0 Å². The Bertz CT molecular complexity index is 264. The second-order valence-corrected chi connectivity index (χ2v) is 2.81. The summed E-state index contributed by atoms with van der Waals surface area (Å²) in [5.41, 5.74) is 7.71. The van der Waals surface area contributed by atoms with Crippen LogP contribution in [0.15, 0.2) is 30.3 Å². The van der Waals surface area contributed by atoms with Crippen molar-refractivity contribution >= 4 is 6.08 Å². The van der Waals surface area contributed by atoms with Gasteiger partial charge in [-0.05, 0) is 11.1 Å². The highest BCUT2D eigenvalue weighted by molar-refractivity contribution is 5.49. The molecule has 0 fully saturated rings. The van der Waals surface area contributed by atoms with E-state index in [0.29, 0.717) is 13.2 Å². The smallest absolute Gasteiger partial charge is 0.0713 e. The lowest BCUT2D eigenvalue weighted by atomic mass is 10.1. The molecule has 0 saturated heterocycles. The molecule has 0 radical (unpaired) electrons. The molecule has 2 N–H and O–H groups in total. The highest BCUT2D eigenvalue weighted by atomic mass is 16.5. The molecule has 0 aromatic heterocycles. The molecule has 1 rings (SSSR count). The molecule has 0 amide bonds. The number of nitrogens with two attached hydrogens (primary N) is 1. The van der Waals surface area contributed by atoms with E-state index in [1.54, 1.807) is 7.11 Å². The van der Waals surface area contributed by atoms with Crippen LogP contribution in [0.3, 0.4) is 0 Å². The van der Waals surface area contributed by atoms with Gasteiger partial charge in [0.2, 0.25) is 0 Å². The molecule has 0 spiro atoms. The van der Waals surface area contributed by atoms with Crippen LogP contribution < -0.4 is 5.73 Å². The highest BCUT2D eigenvalue weighted by Crippen LogP contribution is 2.06. The van der Waals surface area contributed by atoms with Crippen molar-refractivity contribution in [1.82, 2.24) is 0 Å². The molecular weight excluding hydrogens is 162 g/mol. The minimum atomic E-state index is 0.583. The van der Waals surface area contributed by atoms with E-state index in [1.807, 2.05) is 12.2 Å². The summed E-state index contributed by atoms with van der Waals surface area (Å²) in [5.74, 6) is 0. The first kappa shape index (κ1) is 9.96. The molecule has 0 heterocycles. The van der Waals surface area contributed by atoms with Crippen LogP contribution in [0.5, 0.6) is 0 Å². The first-order chi connectivity index (χ1) is 6.36. The van der Waals surface area contributed by atoms with Gasteiger partial charge < -0.3 is 10.5 Å². The number of methoxy groups -OCH3 is 1. The van der Waals surface area contributed by atoms with Crippen molar-refractivity contribution in [3.8, 4) is 0 Å². The molecule has 0 aliphatic heterocycles. The van der Waals surface area contributed by atoms with Gasteiger partial charge in [0.05, 0.1) is 6.61 Å². The van der Waals surface area contributed by atoms with Crippen LogP contribution in [0.25, 0.3) is 6.08 Å². The third-order valence-electron chi connectivity index (χ3n) is 1.74. The SMILES string of the molecule is COCc1ccc(/C=C/CN)cc1. The third-order valence-corrected chi connectivity index (χ3v) is 1.74. The minimum Gasteiger partial charge on any atom is -0.380 e. The van der Waals surface area contributed by atoms with Gasteiger partial charge in [-0.1, -0.05) is 36.4 Å². The molecule has 0 bridgehead atoms. The molecule has 1 aromatic carbocycles. The highest BCUT2D eigenvalue weighted by Gasteiger charge is 1.90. The normalized spacial score (nSPS) is 10.9. The van der Waals surface area contributed by atoms with E-state index in [0.717, 1.165) is 0 Å². The summed E-state index contributed by atoms with van der Waals surface area (Å²) in [6, 6.07) is 8.22. The maximum absolute atomic E-state index is 5.35. The molecule has 2 heteroatoms. The van der Waals surface area contributed by atoms with E-state index in [2.05, 4.69) is 24.3 Å². The maximum atomic E-state index is 5.35. The molecule has 70 valence electrons. The van der Waals surface area contributed by atoms with E-state index < -0.39 is 0 Å². The van der Waals surface area contributed by atoms with Crippen molar-refractivity contribution in [2.75, 3.05) is 13.7 Å². The van der Waals surface area contributed by atoms with Gasteiger partial charge in [-0.3, -0.25) is 0 Å². The third kappa shape index (κ3) is 3.40. The fraction of sp³-hybridized carbons (Fsp3) is 0.273. The fourth-order valence-corrected chi connectivity index (χ4v) is 1.10. The summed E-state index contributed by atoms with van der Waals surface area (Å²) in [7, 11) is 1.70. The van der Waals surface area contributed by atoms with Crippen molar-refractivity contribution in [3.63, 3.8) is 0 Å². The number of hydrogen-bond acceptors (Lipinski definition) is 2. The molecular formula is C11H15NO. The Balaban J connectivity index is 2.64. The van der Waals surface area contributed by atoms with Crippen LogP contribution in [0.1, 0.15) is 11.1 Å². The topological polar surface area (TPSA) is 35.2 Å². The summed E-state index contributed by atoms with van der Waals surface area (Å²) in [4.78, 5) is 0. The summed E-state index contributed by atoms with van der Waals surface area (Å²) < 4.78 is 5.01. The predicted octanol–water partition coefficient (Wildman–Crippen LogP) is 1.80. The number of benzene rings is 1. The molecule has 0 unspecified atom stereocenters. The second kappa shape index (κ2) is 5.51. The average Bonchev–Trinajstić information content (AvgIpc) is 2.17. The van der Waals surface area contributed by atoms with Crippen LogP contribution in [0.4, 0.5) is 0 Å². The van der Waals surface area contributed by atoms with Crippen LogP contribution >= 0.6 is 0 Å². The summed E-state index contributed by atoms with van der Waals surface area (Å²) in [5, 5.41) is 0. The molecule has 13 heavy (non-hydrogen) atoms. The first-order valence-electron chi connectivity index (χ1n) is 4.31. The van der Waals surface area contributed by atoms with E-state index in [4.69, 9.17) is 10.5 Å². The summed E-state index contributed by atoms with van der Waals surface area (Å²) in [6.07, 6.45) is 3.95. The Morgan fingerprint density at radius 2 is 2.00 bits per heavy atom. The predicted molar refractivity (Wildman–Crippen MR) is 55.2 cm³/mol. The Hall–Kier alpha value is -1.12. The second-order valence-electron chi connectivity index (χ2n) is 2.81. The van der Waals surface area contributed by atoms with Gasteiger partial charge in [0, 0.05) is 13.7 Å². The zero-order valence-corrected chi connectivity index (χ0v) is 7.86. The average molecular weight is 177 g/mol. The monoisotopic (exact) mass is 177 g/mol. The molecule has 0 aliphatic rings. The minimum absolute atomic E-state index is 0.583.